The summed E-state index contributed by atoms with van der Waals surface area (Å²) in [6.07, 6.45) is 0.600. The molecule has 7 nitrogen and oxygen atoms in total. The predicted molar refractivity (Wildman–Crippen MR) is 87.0 cm³/mol. The van der Waals surface area contributed by atoms with E-state index in [4.69, 9.17) is 4.74 Å². The first-order valence-corrected chi connectivity index (χ1v) is 10.0. The SMILES string of the molecule is C=CS(=O)(=O)NC[C@@H]1CCN(S(=O)(=O)c2cccc(OC)c2)C1. The van der Waals surface area contributed by atoms with Crippen molar-refractivity contribution in [2.24, 2.45) is 5.92 Å². The maximum atomic E-state index is 12.6. The zero-order chi connectivity index (χ0) is 17.1. The molecular formula is C14H20N2O5S2. The first-order chi connectivity index (χ1) is 10.8. The molecule has 9 heteroatoms. The second-order valence-electron chi connectivity index (χ2n) is 5.26. The third-order valence-corrected chi connectivity index (χ3v) is 6.59. The Labute approximate surface area is 137 Å². The van der Waals surface area contributed by atoms with Crippen molar-refractivity contribution in [1.29, 1.82) is 0 Å². The molecule has 1 aliphatic rings. The molecule has 2 rings (SSSR count). The van der Waals surface area contributed by atoms with E-state index in [2.05, 4.69) is 11.3 Å². The number of methoxy groups -OCH3 is 1. The topological polar surface area (TPSA) is 92.8 Å². The Balaban J connectivity index is 2.06. The van der Waals surface area contributed by atoms with Gasteiger partial charge in [0.25, 0.3) is 0 Å². The molecule has 23 heavy (non-hydrogen) atoms. The van der Waals surface area contributed by atoms with Gasteiger partial charge in [0.05, 0.1) is 12.0 Å². The highest BCUT2D eigenvalue weighted by molar-refractivity contribution is 7.92. The van der Waals surface area contributed by atoms with Crippen LogP contribution in [0.1, 0.15) is 6.42 Å². The molecule has 1 heterocycles. The Hall–Kier alpha value is -1.42. The summed E-state index contributed by atoms with van der Waals surface area (Å²) in [5.41, 5.74) is 0. The van der Waals surface area contributed by atoms with Crippen LogP contribution in [0.2, 0.25) is 0 Å². The highest BCUT2D eigenvalue weighted by Crippen LogP contribution is 2.26. The summed E-state index contributed by atoms with van der Waals surface area (Å²) in [6.45, 7) is 4.05. The van der Waals surface area contributed by atoms with Crippen molar-refractivity contribution >= 4 is 20.0 Å². The first-order valence-electron chi connectivity index (χ1n) is 7.05. The van der Waals surface area contributed by atoms with E-state index in [9.17, 15) is 16.8 Å². The molecule has 1 aromatic rings. The van der Waals surface area contributed by atoms with Crippen LogP contribution >= 0.6 is 0 Å². The van der Waals surface area contributed by atoms with Gasteiger partial charge in [-0.15, -0.1) is 0 Å². The summed E-state index contributed by atoms with van der Waals surface area (Å²) in [4.78, 5) is 0.171. The standard InChI is InChI=1S/C14H20N2O5S2/c1-3-22(17,18)15-10-12-7-8-16(11-12)23(19,20)14-6-4-5-13(9-14)21-2/h3-6,9,12,15H,1,7-8,10-11H2,2H3/t12-/m0/s1. The minimum atomic E-state index is -3.61. The number of rotatable bonds is 7. The zero-order valence-corrected chi connectivity index (χ0v) is 14.4. The van der Waals surface area contributed by atoms with Gasteiger partial charge < -0.3 is 4.74 Å². The number of benzene rings is 1. The lowest BCUT2D eigenvalue weighted by atomic mass is 10.1. The molecule has 0 bridgehead atoms. The largest absolute Gasteiger partial charge is 0.497 e. The molecule has 0 spiro atoms. The Kier molecular flexibility index (Phi) is 5.45. The van der Waals surface area contributed by atoms with Crippen LogP contribution in [0.3, 0.4) is 0 Å². The molecule has 1 saturated heterocycles. The number of nitrogens with one attached hydrogen (secondary N) is 1. The summed E-state index contributed by atoms with van der Waals surface area (Å²) in [7, 11) is -5.62. The number of hydrogen-bond acceptors (Lipinski definition) is 5. The van der Waals surface area contributed by atoms with Crippen molar-refractivity contribution in [3.05, 3.63) is 36.3 Å². The fraction of sp³-hybridized carbons (Fsp3) is 0.429. The van der Waals surface area contributed by atoms with Crippen LogP contribution in [-0.4, -0.2) is 47.9 Å². The van der Waals surface area contributed by atoms with Crippen LogP contribution in [0.5, 0.6) is 5.75 Å². The Morgan fingerprint density at radius 1 is 1.39 bits per heavy atom. The molecule has 0 saturated carbocycles. The highest BCUT2D eigenvalue weighted by Gasteiger charge is 2.33. The van der Waals surface area contributed by atoms with Crippen LogP contribution in [0.25, 0.3) is 0 Å². The lowest BCUT2D eigenvalue weighted by Crippen LogP contribution is -2.32. The lowest BCUT2D eigenvalue weighted by molar-refractivity contribution is 0.412. The molecular weight excluding hydrogens is 340 g/mol. The van der Waals surface area contributed by atoms with Gasteiger partial charge in [0, 0.05) is 31.1 Å². The van der Waals surface area contributed by atoms with E-state index in [-0.39, 0.29) is 23.9 Å². The fourth-order valence-electron chi connectivity index (χ4n) is 2.39. The maximum Gasteiger partial charge on any atom is 0.243 e. The van der Waals surface area contributed by atoms with Crippen molar-refractivity contribution < 1.29 is 21.6 Å². The van der Waals surface area contributed by atoms with E-state index in [1.807, 2.05) is 0 Å². The van der Waals surface area contributed by atoms with Crippen LogP contribution in [-0.2, 0) is 20.0 Å². The summed E-state index contributed by atoms with van der Waals surface area (Å²) < 4.78 is 56.8. The summed E-state index contributed by atoms with van der Waals surface area (Å²) in [5, 5.41) is 0.840. The van der Waals surface area contributed by atoms with Gasteiger partial charge in [-0.25, -0.2) is 21.6 Å². The minimum absolute atomic E-state index is 0.0647. The van der Waals surface area contributed by atoms with Gasteiger partial charge in [-0.1, -0.05) is 12.6 Å². The third-order valence-electron chi connectivity index (χ3n) is 3.72. The fourth-order valence-corrected chi connectivity index (χ4v) is 4.54. The van der Waals surface area contributed by atoms with Gasteiger partial charge in [0.1, 0.15) is 5.75 Å². The molecule has 0 radical (unpaired) electrons. The Morgan fingerprint density at radius 3 is 2.78 bits per heavy atom. The van der Waals surface area contributed by atoms with Gasteiger partial charge >= 0.3 is 0 Å². The normalized spacial score (nSPS) is 19.6. The average molecular weight is 360 g/mol. The van der Waals surface area contributed by atoms with Crippen LogP contribution in [0.15, 0.2) is 41.1 Å². The molecule has 0 unspecified atom stereocenters. The van der Waals surface area contributed by atoms with Crippen molar-refractivity contribution in [3.8, 4) is 5.75 Å². The number of hydrogen-bond donors (Lipinski definition) is 1. The van der Waals surface area contributed by atoms with Crippen LogP contribution < -0.4 is 9.46 Å². The molecule has 1 aliphatic heterocycles. The molecule has 1 fully saturated rings. The number of nitrogens with zero attached hydrogens (tertiary/aromatic N) is 1. The smallest absolute Gasteiger partial charge is 0.243 e. The van der Waals surface area contributed by atoms with Gasteiger partial charge in [0.15, 0.2) is 0 Å². The van der Waals surface area contributed by atoms with Gasteiger partial charge in [-0.05, 0) is 24.5 Å². The minimum Gasteiger partial charge on any atom is -0.497 e. The monoisotopic (exact) mass is 360 g/mol. The van der Waals surface area contributed by atoms with E-state index in [0.29, 0.717) is 18.7 Å². The Bertz CT molecular complexity index is 774. The van der Waals surface area contributed by atoms with E-state index in [0.717, 1.165) is 5.41 Å². The van der Waals surface area contributed by atoms with Crippen molar-refractivity contribution in [2.45, 2.75) is 11.3 Å². The van der Waals surface area contributed by atoms with Crippen LogP contribution in [0.4, 0.5) is 0 Å². The van der Waals surface area contributed by atoms with Gasteiger partial charge in [0.2, 0.25) is 20.0 Å². The predicted octanol–water partition coefficient (Wildman–Crippen LogP) is 0.769. The molecule has 0 aliphatic carbocycles. The Morgan fingerprint density at radius 2 is 2.13 bits per heavy atom. The van der Waals surface area contributed by atoms with E-state index >= 15 is 0 Å². The summed E-state index contributed by atoms with van der Waals surface area (Å²) in [5.74, 6) is 0.408. The zero-order valence-electron chi connectivity index (χ0n) is 12.8. The maximum absolute atomic E-state index is 12.6. The van der Waals surface area contributed by atoms with E-state index < -0.39 is 20.0 Å². The second kappa shape index (κ2) is 7.00. The third kappa shape index (κ3) is 4.31. The summed E-state index contributed by atoms with van der Waals surface area (Å²) >= 11 is 0. The van der Waals surface area contributed by atoms with E-state index in [1.165, 1.54) is 23.5 Å². The highest BCUT2D eigenvalue weighted by atomic mass is 32.2. The average Bonchev–Trinajstić information content (AvgIpc) is 3.03. The molecule has 0 aromatic heterocycles. The molecule has 0 amide bonds. The molecule has 1 aromatic carbocycles. The van der Waals surface area contributed by atoms with Gasteiger partial charge in [-0.3, -0.25) is 0 Å². The van der Waals surface area contributed by atoms with Crippen molar-refractivity contribution in [2.75, 3.05) is 26.7 Å². The molecule has 1 N–H and O–H groups in total. The van der Waals surface area contributed by atoms with Gasteiger partial charge in [-0.2, -0.15) is 4.31 Å². The number of sulfonamides is 2. The van der Waals surface area contributed by atoms with Crippen LogP contribution in [0, 0.1) is 5.92 Å². The molecule has 1 atom stereocenters. The van der Waals surface area contributed by atoms with Crippen molar-refractivity contribution in [1.82, 2.24) is 9.03 Å². The summed E-state index contributed by atoms with van der Waals surface area (Å²) in [6, 6.07) is 6.29. The second-order valence-corrected chi connectivity index (χ2v) is 8.91. The van der Waals surface area contributed by atoms with E-state index in [1.54, 1.807) is 12.1 Å². The van der Waals surface area contributed by atoms with Crippen molar-refractivity contribution in [3.63, 3.8) is 0 Å². The lowest BCUT2D eigenvalue weighted by Gasteiger charge is -2.17. The molecule has 128 valence electrons. The number of ether oxygens (including phenoxy) is 1. The quantitative estimate of drug-likeness (QED) is 0.775. The first kappa shape index (κ1) is 17.9.